The largest absolute Gasteiger partial charge is 0.314 e. The fourth-order valence-corrected chi connectivity index (χ4v) is 7.34. The zero-order chi connectivity index (χ0) is 32.9. The van der Waals surface area contributed by atoms with E-state index in [-0.39, 0.29) is 29.8 Å². The molecule has 0 radical (unpaired) electrons. The van der Waals surface area contributed by atoms with E-state index in [4.69, 9.17) is 0 Å². The molecule has 1 N–H and O–H groups in total. The third-order valence-electron chi connectivity index (χ3n) is 9.49. The number of ketones is 1. The van der Waals surface area contributed by atoms with Crippen LogP contribution in [0.1, 0.15) is 54.5 Å². The summed E-state index contributed by atoms with van der Waals surface area (Å²) in [6, 6.07) is 8.18. The summed E-state index contributed by atoms with van der Waals surface area (Å²) in [5.74, 6) is 6.96. The molecule has 1 aromatic carbocycles. The smallest absolute Gasteiger partial charge is 0.248 e. The minimum absolute atomic E-state index is 0.146. The van der Waals surface area contributed by atoms with E-state index in [1.165, 1.54) is 13.3 Å². The molecule has 4 aromatic rings. The molecule has 3 atom stereocenters. The first kappa shape index (κ1) is 31.1. The van der Waals surface area contributed by atoms with Crippen LogP contribution in [0.25, 0.3) is 22.0 Å². The van der Waals surface area contributed by atoms with E-state index in [0.717, 1.165) is 49.2 Å². The first-order valence-electron chi connectivity index (χ1n) is 15.9. The monoisotopic (exact) mass is 694 g/mol. The molecule has 12 heteroatoms. The number of halogens is 1. The quantitative estimate of drug-likeness (QED) is 0.162. The minimum Gasteiger partial charge on any atom is -0.314 e. The lowest BCUT2D eigenvalue weighted by atomic mass is 9.73. The Morgan fingerprint density at radius 1 is 1.04 bits per heavy atom. The van der Waals surface area contributed by atoms with Crippen molar-refractivity contribution in [1.29, 1.82) is 0 Å². The number of anilines is 1. The van der Waals surface area contributed by atoms with Crippen molar-refractivity contribution in [3.8, 4) is 23.0 Å². The maximum Gasteiger partial charge on any atom is 0.248 e. The van der Waals surface area contributed by atoms with E-state index < -0.39 is 17.5 Å². The number of Topliss-reactive ketones (excluding diaryl/α,β-unsaturated/α-hetero) is 1. The van der Waals surface area contributed by atoms with Crippen LogP contribution in [0.3, 0.4) is 0 Å². The van der Waals surface area contributed by atoms with Gasteiger partial charge in [-0.2, -0.15) is 5.10 Å². The number of nitrogens with one attached hydrogen (secondary N) is 1. The Kier molecular flexibility index (Phi) is 8.14. The number of piperidine rings is 1. The molecule has 0 saturated carbocycles. The summed E-state index contributed by atoms with van der Waals surface area (Å²) >= 11 is 3.39. The average Bonchev–Trinajstić information content (AvgIpc) is 3.51. The fourth-order valence-electron chi connectivity index (χ4n) is 7.03. The average molecular weight is 696 g/mol. The van der Waals surface area contributed by atoms with E-state index in [1.807, 2.05) is 44.2 Å². The molecule has 2 fully saturated rings. The van der Waals surface area contributed by atoms with Crippen LogP contribution in [0.2, 0.25) is 0 Å². The molecule has 47 heavy (non-hydrogen) atoms. The van der Waals surface area contributed by atoms with Crippen molar-refractivity contribution >= 4 is 50.2 Å². The number of likely N-dealkylation sites (tertiary alicyclic amines) is 2. The number of carbonyl (C=O) groups excluding carboxylic acids is 3. The molecule has 2 saturated heterocycles. The molecule has 1 aliphatic carbocycles. The normalized spacial score (nSPS) is 21.9. The van der Waals surface area contributed by atoms with Gasteiger partial charge in [-0.15, -0.1) is 0 Å². The van der Waals surface area contributed by atoms with Crippen molar-refractivity contribution in [3.05, 3.63) is 64.4 Å². The van der Waals surface area contributed by atoms with E-state index in [0.29, 0.717) is 33.6 Å². The number of hydrogen-bond donors (Lipinski definition) is 1. The lowest BCUT2D eigenvalue weighted by Crippen LogP contribution is -2.54. The van der Waals surface area contributed by atoms with Crippen LogP contribution in [0.15, 0.2) is 47.3 Å². The number of aromatic nitrogens is 5. The van der Waals surface area contributed by atoms with Crippen LogP contribution >= 0.6 is 15.9 Å². The topological polar surface area (TPSA) is 126 Å². The number of hydrogen-bond acceptors (Lipinski definition) is 8. The van der Waals surface area contributed by atoms with Gasteiger partial charge in [-0.3, -0.25) is 19.1 Å². The van der Waals surface area contributed by atoms with E-state index in [9.17, 15) is 14.4 Å². The zero-order valence-corrected chi connectivity index (χ0v) is 28.2. The highest BCUT2D eigenvalue weighted by Gasteiger charge is 2.59. The highest BCUT2D eigenvalue weighted by atomic mass is 79.9. The van der Waals surface area contributed by atoms with Crippen LogP contribution in [0.5, 0.6) is 0 Å². The molecule has 3 aromatic heterocycles. The predicted molar refractivity (Wildman–Crippen MR) is 180 cm³/mol. The molecular formula is C35H35BrN8O3. The first-order chi connectivity index (χ1) is 22.6. The molecule has 7 rings (SSSR count). The van der Waals surface area contributed by atoms with Crippen LogP contribution in [0.4, 0.5) is 5.82 Å². The number of aryl methyl sites for hydroxylation is 2. The second-order valence-electron chi connectivity index (χ2n) is 12.8. The number of rotatable bonds is 8. The summed E-state index contributed by atoms with van der Waals surface area (Å²) in [7, 11) is 0. The van der Waals surface area contributed by atoms with Gasteiger partial charge >= 0.3 is 0 Å². The molecule has 0 unspecified atom stereocenters. The van der Waals surface area contributed by atoms with Gasteiger partial charge in [0.25, 0.3) is 0 Å². The van der Waals surface area contributed by atoms with Gasteiger partial charge in [0.15, 0.2) is 5.78 Å². The second-order valence-corrected chi connectivity index (χ2v) is 13.6. The molecular weight excluding hydrogens is 660 g/mol. The van der Waals surface area contributed by atoms with E-state index in [2.05, 4.69) is 58.0 Å². The van der Waals surface area contributed by atoms with Gasteiger partial charge in [-0.05, 0) is 91.5 Å². The number of fused-ring (bicyclic) bond motifs is 2. The van der Waals surface area contributed by atoms with Gasteiger partial charge < -0.3 is 15.1 Å². The summed E-state index contributed by atoms with van der Waals surface area (Å²) < 4.78 is 2.17. The third-order valence-corrected chi connectivity index (χ3v) is 9.93. The zero-order valence-electron chi connectivity index (χ0n) is 26.6. The van der Waals surface area contributed by atoms with Gasteiger partial charge in [-0.25, -0.2) is 15.0 Å². The van der Waals surface area contributed by atoms with Gasteiger partial charge in [0.1, 0.15) is 40.6 Å². The van der Waals surface area contributed by atoms with Crippen LogP contribution in [-0.2, 0) is 16.1 Å². The van der Waals surface area contributed by atoms with E-state index in [1.54, 1.807) is 22.0 Å². The second kappa shape index (κ2) is 12.3. The molecule has 3 aliphatic rings. The lowest BCUT2D eigenvalue weighted by Gasteiger charge is -2.41. The predicted octanol–water partition coefficient (Wildman–Crippen LogP) is 4.57. The first-order valence-corrected chi connectivity index (χ1v) is 16.7. The van der Waals surface area contributed by atoms with Crippen molar-refractivity contribution in [2.45, 2.75) is 65.1 Å². The molecule has 240 valence electrons. The summed E-state index contributed by atoms with van der Waals surface area (Å²) in [4.78, 5) is 58.2. The van der Waals surface area contributed by atoms with Crippen LogP contribution < -0.4 is 5.32 Å². The third kappa shape index (κ3) is 5.83. The molecule has 2 aliphatic heterocycles. The number of nitrogens with zero attached hydrogens (tertiary/aromatic N) is 7. The van der Waals surface area contributed by atoms with Gasteiger partial charge in [-0.1, -0.05) is 30.4 Å². The standard InChI is InChI=1S/C35H35BrN8O3/c1-21-7-10-30(36)39-33(21)40-34(47)28-16-35(20-42-13-5-4-6-14-42)12-11-29(35)44(28)31(46)19-43-27-9-8-24(25-17-37-23(3)38-18-25)15-26(27)32(41-43)22(2)45/h7-10,15,17-18,28-29H,4-6,13-14,16,19-20H2,1-3H3,(H,39,40,47)/t28-,29+,35+/m0/s1. The summed E-state index contributed by atoms with van der Waals surface area (Å²) in [6.07, 6.45) is 7.41. The van der Waals surface area contributed by atoms with Crippen molar-refractivity contribution < 1.29 is 14.4 Å². The number of benzene rings is 1. The van der Waals surface area contributed by atoms with Crippen molar-refractivity contribution in [1.82, 2.24) is 34.5 Å². The van der Waals surface area contributed by atoms with Crippen molar-refractivity contribution in [3.63, 3.8) is 0 Å². The Hall–Kier alpha value is -4.47. The Morgan fingerprint density at radius 3 is 2.51 bits per heavy atom. The number of amides is 2. The Labute approximate surface area is 281 Å². The lowest BCUT2D eigenvalue weighted by molar-refractivity contribution is -0.138. The SMILES string of the molecule is CC(=O)c1nn(CC(=O)N2[C@H](C(=O)Nc3nc(Br)ccc3C)C[C@@]3(CN4CCCCC4)C#C[C@@H]23)c2ccc(-c3cnc(C)nc3)cc12. The molecule has 11 nitrogen and oxygen atoms in total. The molecule has 2 amide bonds. The van der Waals surface area contributed by atoms with Crippen LogP contribution in [-0.4, -0.2) is 83.8 Å². The molecule has 0 spiro atoms. The van der Waals surface area contributed by atoms with Crippen LogP contribution in [0, 0.1) is 31.1 Å². The summed E-state index contributed by atoms with van der Waals surface area (Å²) in [6.45, 7) is 7.72. The Morgan fingerprint density at radius 2 is 1.81 bits per heavy atom. The van der Waals surface area contributed by atoms with Gasteiger partial charge in [0.05, 0.1) is 10.9 Å². The molecule has 0 bridgehead atoms. The van der Waals surface area contributed by atoms with Crippen molar-refractivity contribution in [2.75, 3.05) is 25.0 Å². The highest BCUT2D eigenvalue weighted by molar-refractivity contribution is 9.10. The summed E-state index contributed by atoms with van der Waals surface area (Å²) in [5, 5.41) is 8.23. The fraction of sp³-hybridized carbons (Fsp3) is 0.400. The van der Waals surface area contributed by atoms with E-state index >= 15 is 0 Å². The van der Waals surface area contributed by atoms with Crippen molar-refractivity contribution in [2.24, 2.45) is 5.41 Å². The highest BCUT2D eigenvalue weighted by Crippen LogP contribution is 2.46. The number of carbonyl (C=O) groups is 3. The number of pyridine rings is 1. The maximum atomic E-state index is 14.3. The Balaban J connectivity index is 1.21. The minimum atomic E-state index is -0.762. The van der Waals surface area contributed by atoms with Gasteiger partial charge in [0, 0.05) is 36.8 Å². The van der Waals surface area contributed by atoms with Gasteiger partial charge in [0.2, 0.25) is 11.8 Å². The summed E-state index contributed by atoms with van der Waals surface area (Å²) in [5.41, 5.74) is 2.90. The maximum absolute atomic E-state index is 14.3. The molecule has 5 heterocycles. The Bertz CT molecular complexity index is 1970.